The molecule has 1 heterocycles. The molecule has 0 fully saturated rings. The summed E-state index contributed by atoms with van der Waals surface area (Å²) in [5.41, 5.74) is 5.02. The van der Waals surface area contributed by atoms with Gasteiger partial charge in [-0.25, -0.2) is 9.59 Å². The number of aromatic nitrogens is 2. The van der Waals surface area contributed by atoms with E-state index in [4.69, 9.17) is 10.5 Å². The molecule has 0 atom stereocenters. The second kappa shape index (κ2) is 10.8. The van der Waals surface area contributed by atoms with Crippen LogP contribution in [0.3, 0.4) is 0 Å². The number of esters is 1. The first-order valence-electron chi connectivity index (χ1n) is 8.09. The van der Waals surface area contributed by atoms with Gasteiger partial charge in [0.2, 0.25) is 5.82 Å². The molecule has 0 radical (unpaired) electrons. The van der Waals surface area contributed by atoms with E-state index in [1.807, 2.05) is 4.98 Å². The van der Waals surface area contributed by atoms with Gasteiger partial charge in [-0.1, -0.05) is 13.8 Å². The summed E-state index contributed by atoms with van der Waals surface area (Å²) in [6.07, 6.45) is 0.709. The van der Waals surface area contributed by atoms with Gasteiger partial charge in [0.1, 0.15) is 6.61 Å². The highest BCUT2D eigenvalue weighted by molar-refractivity contribution is 5.89. The van der Waals surface area contributed by atoms with Gasteiger partial charge in [0.25, 0.3) is 5.56 Å². The number of nitrogen functional groups attached to an aromatic ring is 1. The third-order valence-electron chi connectivity index (χ3n) is 3.46. The lowest BCUT2D eigenvalue weighted by Gasteiger charge is -2.17. The van der Waals surface area contributed by atoms with Gasteiger partial charge in [-0.2, -0.15) is 4.39 Å². The number of aromatic amines is 2. The van der Waals surface area contributed by atoms with Crippen molar-refractivity contribution in [1.29, 1.82) is 0 Å². The number of carbonyl (C=O) groups excluding carboxylic acids is 1. The SMILES string of the molecule is CCN(CC)CCOC(=O)c1ccc(N)cc1.O=c1[nH]cc(F)c(=O)[nH]1. The Morgan fingerprint density at radius 2 is 1.81 bits per heavy atom. The highest BCUT2D eigenvalue weighted by atomic mass is 19.1. The molecule has 26 heavy (non-hydrogen) atoms. The quantitative estimate of drug-likeness (QED) is 0.517. The van der Waals surface area contributed by atoms with E-state index in [0.717, 1.165) is 19.6 Å². The Bertz CT molecular complexity index is 797. The van der Waals surface area contributed by atoms with Gasteiger partial charge in [-0.05, 0) is 37.4 Å². The predicted octanol–water partition coefficient (Wildman–Crippen LogP) is 0.970. The molecule has 0 bridgehead atoms. The second-order valence-corrected chi connectivity index (χ2v) is 5.20. The number of likely N-dealkylation sites (N-methyl/N-ethyl adjacent to an activating group) is 1. The number of rotatable bonds is 6. The second-order valence-electron chi connectivity index (χ2n) is 5.20. The molecule has 0 amide bonds. The number of nitrogens with one attached hydrogen (secondary N) is 2. The van der Waals surface area contributed by atoms with Crippen molar-refractivity contribution in [2.24, 2.45) is 0 Å². The molecule has 142 valence electrons. The maximum atomic E-state index is 12.0. The van der Waals surface area contributed by atoms with Crippen molar-refractivity contribution in [3.8, 4) is 0 Å². The fraction of sp³-hybridized carbons (Fsp3) is 0.353. The Balaban J connectivity index is 0.000000314. The zero-order valence-electron chi connectivity index (χ0n) is 14.8. The molecule has 1 aromatic heterocycles. The predicted molar refractivity (Wildman–Crippen MR) is 96.6 cm³/mol. The van der Waals surface area contributed by atoms with Crippen molar-refractivity contribution in [1.82, 2.24) is 14.9 Å². The molecule has 9 heteroatoms. The van der Waals surface area contributed by atoms with Crippen LogP contribution in [0.25, 0.3) is 0 Å². The Kier molecular flexibility index (Phi) is 8.79. The summed E-state index contributed by atoms with van der Waals surface area (Å²) in [6.45, 7) is 7.31. The standard InChI is InChI=1S/C13H20N2O2.C4H3FN2O2/c1-3-15(4-2)9-10-17-13(16)11-5-7-12(14)8-6-11;5-2-1-6-4(9)7-3(2)8/h5-8H,3-4,9-10,14H2,1-2H3;1H,(H2,6,7,8,9). The number of benzene rings is 1. The van der Waals surface area contributed by atoms with E-state index in [9.17, 15) is 18.8 Å². The van der Waals surface area contributed by atoms with E-state index >= 15 is 0 Å². The monoisotopic (exact) mass is 366 g/mol. The van der Waals surface area contributed by atoms with E-state index in [0.29, 0.717) is 24.1 Å². The van der Waals surface area contributed by atoms with E-state index in [1.165, 1.54) is 0 Å². The van der Waals surface area contributed by atoms with E-state index < -0.39 is 17.1 Å². The lowest BCUT2D eigenvalue weighted by Crippen LogP contribution is -2.27. The molecule has 0 aliphatic rings. The van der Waals surface area contributed by atoms with Crippen LogP contribution in [0.15, 0.2) is 40.1 Å². The van der Waals surface area contributed by atoms with Gasteiger partial charge in [-0.15, -0.1) is 0 Å². The van der Waals surface area contributed by atoms with Crippen LogP contribution >= 0.6 is 0 Å². The number of H-pyrrole nitrogens is 2. The normalized spacial score (nSPS) is 10.2. The van der Waals surface area contributed by atoms with Crippen molar-refractivity contribution in [3.05, 3.63) is 62.7 Å². The lowest BCUT2D eigenvalue weighted by molar-refractivity contribution is 0.0466. The summed E-state index contributed by atoms with van der Waals surface area (Å²) >= 11 is 0. The molecule has 2 aromatic rings. The fourth-order valence-electron chi connectivity index (χ4n) is 1.90. The number of hydrogen-bond donors (Lipinski definition) is 3. The largest absolute Gasteiger partial charge is 0.461 e. The van der Waals surface area contributed by atoms with Crippen molar-refractivity contribution in [2.45, 2.75) is 13.8 Å². The van der Waals surface area contributed by atoms with Gasteiger partial charge in [0.15, 0.2) is 0 Å². The summed E-state index contributed by atoms with van der Waals surface area (Å²) in [5.74, 6) is -1.29. The molecular formula is C17H23FN4O4. The molecule has 4 N–H and O–H groups in total. The Labute approximate surface area is 149 Å². The first kappa shape index (κ1) is 21.1. The number of nitrogens with two attached hydrogens (primary N) is 1. The summed E-state index contributed by atoms with van der Waals surface area (Å²) in [5, 5.41) is 0. The summed E-state index contributed by atoms with van der Waals surface area (Å²) in [7, 11) is 0. The van der Waals surface area contributed by atoms with Crippen LogP contribution in [0.4, 0.5) is 10.1 Å². The maximum absolute atomic E-state index is 12.0. The highest BCUT2D eigenvalue weighted by Gasteiger charge is 2.07. The smallest absolute Gasteiger partial charge is 0.338 e. The minimum atomic E-state index is -1.00. The van der Waals surface area contributed by atoms with E-state index in [2.05, 4.69) is 18.7 Å². The summed E-state index contributed by atoms with van der Waals surface area (Å²) in [4.78, 5) is 37.8. The van der Waals surface area contributed by atoms with Crippen LogP contribution in [0.5, 0.6) is 0 Å². The van der Waals surface area contributed by atoms with Crippen molar-refractivity contribution in [2.75, 3.05) is 32.0 Å². The number of anilines is 1. The third kappa shape index (κ3) is 7.31. The maximum Gasteiger partial charge on any atom is 0.338 e. The number of carbonyl (C=O) groups is 1. The highest BCUT2D eigenvalue weighted by Crippen LogP contribution is 2.06. The molecule has 2 rings (SSSR count). The Morgan fingerprint density at radius 1 is 1.19 bits per heavy atom. The summed E-state index contributed by atoms with van der Waals surface area (Å²) < 4.78 is 17.2. The molecule has 0 saturated carbocycles. The first-order chi connectivity index (χ1) is 12.4. The minimum absolute atomic E-state index is 0.294. The molecule has 0 aliphatic heterocycles. The number of hydrogen-bond acceptors (Lipinski definition) is 6. The minimum Gasteiger partial charge on any atom is -0.461 e. The van der Waals surface area contributed by atoms with Crippen molar-refractivity contribution < 1.29 is 13.9 Å². The van der Waals surface area contributed by atoms with Gasteiger partial charge in [0, 0.05) is 18.4 Å². The average molecular weight is 366 g/mol. The van der Waals surface area contributed by atoms with E-state index in [-0.39, 0.29) is 5.97 Å². The van der Waals surface area contributed by atoms with Gasteiger partial charge < -0.3 is 20.4 Å². The number of halogens is 1. The van der Waals surface area contributed by atoms with Crippen LogP contribution in [0.2, 0.25) is 0 Å². The topological polar surface area (TPSA) is 121 Å². The molecule has 0 saturated heterocycles. The number of ether oxygens (including phenoxy) is 1. The van der Waals surface area contributed by atoms with Gasteiger partial charge in [0.05, 0.1) is 5.56 Å². The number of nitrogens with zero attached hydrogens (tertiary/aromatic N) is 1. The van der Waals surface area contributed by atoms with Crippen LogP contribution in [-0.2, 0) is 4.74 Å². The van der Waals surface area contributed by atoms with E-state index in [1.54, 1.807) is 29.2 Å². The average Bonchev–Trinajstić information content (AvgIpc) is 2.63. The molecule has 0 spiro atoms. The molecule has 0 aliphatic carbocycles. The van der Waals surface area contributed by atoms with Crippen LogP contribution in [0.1, 0.15) is 24.2 Å². The zero-order valence-corrected chi connectivity index (χ0v) is 14.8. The Hall–Kier alpha value is -2.94. The fourth-order valence-corrected chi connectivity index (χ4v) is 1.90. The van der Waals surface area contributed by atoms with Crippen molar-refractivity contribution in [3.63, 3.8) is 0 Å². The van der Waals surface area contributed by atoms with Gasteiger partial charge in [-0.3, -0.25) is 9.78 Å². The third-order valence-corrected chi connectivity index (χ3v) is 3.46. The van der Waals surface area contributed by atoms with Crippen LogP contribution in [-0.4, -0.2) is 47.1 Å². The van der Waals surface area contributed by atoms with Crippen molar-refractivity contribution >= 4 is 11.7 Å². The zero-order chi connectivity index (χ0) is 19.5. The Morgan fingerprint density at radius 3 is 2.31 bits per heavy atom. The van der Waals surface area contributed by atoms with Gasteiger partial charge >= 0.3 is 11.7 Å². The molecular weight excluding hydrogens is 343 g/mol. The molecule has 0 unspecified atom stereocenters. The molecule has 8 nitrogen and oxygen atoms in total. The van der Waals surface area contributed by atoms with Crippen LogP contribution < -0.4 is 17.0 Å². The lowest BCUT2D eigenvalue weighted by atomic mass is 10.2. The van der Waals surface area contributed by atoms with Crippen LogP contribution in [0, 0.1) is 5.82 Å². The first-order valence-corrected chi connectivity index (χ1v) is 8.09. The molecule has 1 aromatic carbocycles. The summed E-state index contributed by atoms with van der Waals surface area (Å²) in [6, 6.07) is 6.74.